The zero-order chi connectivity index (χ0) is 7.49. The van der Waals surface area contributed by atoms with Crippen LogP contribution < -0.4 is 5.32 Å². The van der Waals surface area contributed by atoms with Crippen molar-refractivity contribution in [1.29, 1.82) is 0 Å². The van der Waals surface area contributed by atoms with E-state index in [1.165, 1.54) is 7.05 Å². The summed E-state index contributed by atoms with van der Waals surface area (Å²) in [5.41, 5.74) is 0. The number of rotatable bonds is 3. The molecule has 0 rings (SSSR count). The van der Waals surface area contributed by atoms with Gasteiger partial charge in [0.25, 0.3) is 10.1 Å². The maximum absolute atomic E-state index is 10.2. The van der Waals surface area contributed by atoms with Gasteiger partial charge in [0.15, 0.2) is 5.37 Å². The Morgan fingerprint density at radius 3 is 2.22 bits per heavy atom. The van der Waals surface area contributed by atoms with Gasteiger partial charge in [-0.25, -0.2) is 0 Å². The summed E-state index contributed by atoms with van der Waals surface area (Å²) in [6.07, 6.45) is 1.11. The van der Waals surface area contributed by atoms with E-state index in [2.05, 4.69) is 11.9 Å². The first-order valence-corrected chi connectivity index (χ1v) is 3.79. The van der Waals surface area contributed by atoms with Crippen LogP contribution in [0.4, 0.5) is 0 Å². The van der Waals surface area contributed by atoms with Crippen LogP contribution in [0.15, 0.2) is 12.7 Å². The van der Waals surface area contributed by atoms with Gasteiger partial charge in [0.2, 0.25) is 0 Å². The Balaban J connectivity index is 4.32. The largest absolute Gasteiger partial charge is 0.299 e. The van der Waals surface area contributed by atoms with Crippen molar-refractivity contribution in [2.45, 2.75) is 5.37 Å². The van der Waals surface area contributed by atoms with Crippen LogP contribution in [-0.2, 0) is 10.1 Å². The molecule has 2 N–H and O–H groups in total. The summed E-state index contributed by atoms with van der Waals surface area (Å²) < 4.78 is 28.7. The Morgan fingerprint density at radius 1 is 1.78 bits per heavy atom. The predicted octanol–water partition coefficient (Wildman–Crippen LogP) is -0.394. The van der Waals surface area contributed by atoms with Crippen molar-refractivity contribution < 1.29 is 13.0 Å². The average Bonchev–Trinajstić information content (AvgIpc) is 1.65. The first-order valence-electron chi connectivity index (χ1n) is 2.28. The van der Waals surface area contributed by atoms with Crippen LogP contribution in [0.5, 0.6) is 0 Å². The number of nitrogens with one attached hydrogen (secondary N) is 1. The van der Waals surface area contributed by atoms with E-state index in [0.29, 0.717) is 0 Å². The quantitative estimate of drug-likeness (QED) is 0.425. The van der Waals surface area contributed by atoms with E-state index in [0.717, 1.165) is 6.08 Å². The second-order valence-electron chi connectivity index (χ2n) is 1.46. The van der Waals surface area contributed by atoms with Gasteiger partial charge in [-0.15, -0.1) is 6.58 Å². The van der Waals surface area contributed by atoms with E-state index in [1.807, 2.05) is 0 Å². The minimum atomic E-state index is -3.99. The predicted molar refractivity (Wildman–Crippen MR) is 34.6 cm³/mol. The molecule has 0 aromatic carbocycles. The summed E-state index contributed by atoms with van der Waals surface area (Å²) in [4.78, 5) is 0. The van der Waals surface area contributed by atoms with Gasteiger partial charge in [0, 0.05) is 0 Å². The number of likely N-dealkylation sites (N-methyl/N-ethyl adjacent to an activating group) is 1. The molecule has 5 heteroatoms. The lowest BCUT2D eigenvalue weighted by Crippen LogP contribution is -2.31. The smallest absolute Gasteiger partial charge is 0.284 e. The van der Waals surface area contributed by atoms with Gasteiger partial charge < -0.3 is 0 Å². The standard InChI is InChI=1S/C4H9NO3S/c1-3-4(5-2)9(6,7)8/h3-5H,1H2,2H3,(H,6,7,8). The zero-order valence-electron chi connectivity index (χ0n) is 5.03. The molecule has 0 aliphatic heterocycles. The maximum Gasteiger partial charge on any atom is 0.284 e. The summed E-state index contributed by atoms with van der Waals surface area (Å²) in [6, 6.07) is 0. The van der Waals surface area contributed by atoms with Gasteiger partial charge in [-0.1, -0.05) is 6.08 Å². The fourth-order valence-electron chi connectivity index (χ4n) is 0.388. The van der Waals surface area contributed by atoms with Crippen molar-refractivity contribution in [3.05, 3.63) is 12.7 Å². The van der Waals surface area contributed by atoms with Crippen LogP contribution >= 0.6 is 0 Å². The minimum absolute atomic E-state index is 1.06. The topological polar surface area (TPSA) is 66.4 Å². The van der Waals surface area contributed by atoms with E-state index < -0.39 is 15.5 Å². The van der Waals surface area contributed by atoms with Gasteiger partial charge in [0.1, 0.15) is 0 Å². The Bertz CT molecular complexity index is 184. The molecule has 1 unspecified atom stereocenters. The lowest BCUT2D eigenvalue weighted by molar-refractivity contribution is 0.468. The average molecular weight is 151 g/mol. The molecule has 0 aromatic rings. The summed E-state index contributed by atoms with van der Waals surface area (Å²) in [5, 5.41) is 1.28. The Labute approximate surface area is 54.3 Å². The lowest BCUT2D eigenvalue weighted by Gasteiger charge is -2.04. The summed E-state index contributed by atoms with van der Waals surface area (Å²) >= 11 is 0. The molecular weight excluding hydrogens is 142 g/mol. The third kappa shape index (κ3) is 2.59. The van der Waals surface area contributed by atoms with Crippen molar-refractivity contribution >= 4 is 10.1 Å². The fourth-order valence-corrected chi connectivity index (χ4v) is 0.929. The van der Waals surface area contributed by atoms with Crippen LogP contribution in [-0.4, -0.2) is 25.4 Å². The highest BCUT2D eigenvalue weighted by molar-refractivity contribution is 7.86. The zero-order valence-corrected chi connectivity index (χ0v) is 5.85. The monoisotopic (exact) mass is 151 g/mol. The molecular formula is C4H9NO3S. The highest BCUT2D eigenvalue weighted by Gasteiger charge is 2.15. The molecule has 0 spiro atoms. The summed E-state index contributed by atoms with van der Waals surface area (Å²) in [7, 11) is -2.58. The SMILES string of the molecule is C=CC(NC)S(=O)(=O)O. The molecule has 0 radical (unpaired) electrons. The second-order valence-corrected chi connectivity index (χ2v) is 3.00. The molecule has 0 heterocycles. The van der Waals surface area contributed by atoms with Crippen molar-refractivity contribution in [2.75, 3.05) is 7.05 Å². The molecule has 0 saturated heterocycles. The van der Waals surface area contributed by atoms with E-state index in [4.69, 9.17) is 4.55 Å². The van der Waals surface area contributed by atoms with E-state index in [9.17, 15) is 8.42 Å². The van der Waals surface area contributed by atoms with Crippen molar-refractivity contribution in [1.82, 2.24) is 5.32 Å². The van der Waals surface area contributed by atoms with Gasteiger partial charge in [-0.05, 0) is 7.05 Å². The molecule has 0 fully saturated rings. The van der Waals surface area contributed by atoms with Gasteiger partial charge in [-0.2, -0.15) is 8.42 Å². The maximum atomic E-state index is 10.2. The first-order chi connectivity index (χ1) is 4.02. The van der Waals surface area contributed by atoms with E-state index >= 15 is 0 Å². The summed E-state index contributed by atoms with van der Waals surface area (Å²) in [5.74, 6) is 0. The first kappa shape index (κ1) is 8.61. The van der Waals surface area contributed by atoms with E-state index in [1.54, 1.807) is 0 Å². The van der Waals surface area contributed by atoms with Crippen LogP contribution in [0.3, 0.4) is 0 Å². The lowest BCUT2D eigenvalue weighted by atomic mass is 10.6. The molecule has 9 heavy (non-hydrogen) atoms. The minimum Gasteiger partial charge on any atom is -0.299 e. The normalized spacial score (nSPS) is 14.9. The molecule has 4 nitrogen and oxygen atoms in total. The van der Waals surface area contributed by atoms with E-state index in [-0.39, 0.29) is 0 Å². The molecule has 0 aliphatic carbocycles. The van der Waals surface area contributed by atoms with Gasteiger partial charge in [-0.3, -0.25) is 9.87 Å². The molecule has 0 amide bonds. The Morgan fingerprint density at radius 2 is 2.22 bits per heavy atom. The van der Waals surface area contributed by atoms with Crippen LogP contribution in [0, 0.1) is 0 Å². The highest BCUT2D eigenvalue weighted by atomic mass is 32.2. The molecule has 1 atom stereocenters. The molecule has 0 bridgehead atoms. The van der Waals surface area contributed by atoms with Crippen molar-refractivity contribution in [3.8, 4) is 0 Å². The van der Waals surface area contributed by atoms with Crippen LogP contribution in [0.25, 0.3) is 0 Å². The molecule has 54 valence electrons. The molecule has 0 aromatic heterocycles. The highest BCUT2D eigenvalue weighted by Crippen LogP contribution is 1.92. The second kappa shape index (κ2) is 2.95. The Hall–Kier alpha value is -0.390. The molecule has 0 saturated carbocycles. The van der Waals surface area contributed by atoms with Gasteiger partial charge in [0.05, 0.1) is 0 Å². The number of hydrogen-bond acceptors (Lipinski definition) is 3. The van der Waals surface area contributed by atoms with Crippen LogP contribution in [0.1, 0.15) is 0 Å². The third-order valence-electron chi connectivity index (χ3n) is 0.819. The number of hydrogen-bond donors (Lipinski definition) is 2. The van der Waals surface area contributed by atoms with Gasteiger partial charge >= 0.3 is 0 Å². The summed E-state index contributed by atoms with van der Waals surface area (Å²) in [6.45, 7) is 3.20. The van der Waals surface area contributed by atoms with Crippen molar-refractivity contribution in [2.24, 2.45) is 0 Å². The molecule has 0 aliphatic rings. The Kier molecular flexibility index (Phi) is 2.83. The van der Waals surface area contributed by atoms with Crippen LogP contribution in [0.2, 0.25) is 0 Å². The fraction of sp³-hybridized carbons (Fsp3) is 0.500. The van der Waals surface area contributed by atoms with Crippen molar-refractivity contribution in [3.63, 3.8) is 0 Å². The third-order valence-corrected chi connectivity index (χ3v) is 1.89.